The van der Waals surface area contributed by atoms with Gasteiger partial charge in [0.1, 0.15) is 0 Å². The summed E-state index contributed by atoms with van der Waals surface area (Å²) in [5, 5.41) is 3.10. The molecule has 1 aromatic heterocycles. The molecule has 5 heteroatoms. The van der Waals surface area contributed by atoms with Crippen LogP contribution in [0.3, 0.4) is 0 Å². The first-order valence-corrected chi connectivity index (χ1v) is 7.88. The maximum absolute atomic E-state index is 12.5. The van der Waals surface area contributed by atoms with Crippen molar-refractivity contribution in [1.82, 2.24) is 15.2 Å². The highest BCUT2D eigenvalue weighted by Gasteiger charge is 2.27. The third kappa shape index (κ3) is 4.52. The van der Waals surface area contributed by atoms with Crippen LogP contribution < -0.4 is 5.32 Å². The number of aromatic nitrogens is 1. The standard InChI is InChI=1S/C18H23N3O2/c1-3-5-16(14-6-10-19-11-7-14)20-18(23)15-8-12-21(13-9-15)17(22)4-2/h3-4,6-7,10-11,15-16H,1-2,5,8-9,12-13H2,(H,20,23). The average molecular weight is 313 g/mol. The van der Waals surface area contributed by atoms with Gasteiger partial charge in [0, 0.05) is 31.4 Å². The summed E-state index contributed by atoms with van der Waals surface area (Å²) in [6.45, 7) is 8.47. The minimum Gasteiger partial charge on any atom is -0.349 e. The first kappa shape index (κ1) is 16.9. The molecule has 0 spiro atoms. The molecule has 0 saturated carbocycles. The van der Waals surface area contributed by atoms with Gasteiger partial charge in [0.15, 0.2) is 0 Å². The van der Waals surface area contributed by atoms with Crippen LogP contribution in [0.4, 0.5) is 0 Å². The quantitative estimate of drug-likeness (QED) is 0.647. The summed E-state index contributed by atoms with van der Waals surface area (Å²) in [4.78, 5) is 29.8. The van der Waals surface area contributed by atoms with Crippen LogP contribution in [-0.2, 0) is 9.59 Å². The van der Waals surface area contributed by atoms with Crippen LogP contribution in [0.25, 0.3) is 0 Å². The van der Waals surface area contributed by atoms with E-state index in [4.69, 9.17) is 0 Å². The molecule has 1 aliphatic heterocycles. The summed E-state index contributed by atoms with van der Waals surface area (Å²) >= 11 is 0. The van der Waals surface area contributed by atoms with E-state index >= 15 is 0 Å². The van der Waals surface area contributed by atoms with E-state index < -0.39 is 0 Å². The largest absolute Gasteiger partial charge is 0.349 e. The van der Waals surface area contributed by atoms with Crippen molar-refractivity contribution in [3.8, 4) is 0 Å². The molecule has 0 aliphatic carbocycles. The fraction of sp³-hybridized carbons (Fsp3) is 0.389. The number of pyridine rings is 1. The lowest BCUT2D eigenvalue weighted by molar-refractivity contribution is -0.132. The molecule has 23 heavy (non-hydrogen) atoms. The van der Waals surface area contributed by atoms with Gasteiger partial charge in [-0.25, -0.2) is 0 Å². The second kappa shape index (κ2) is 8.27. The van der Waals surface area contributed by atoms with Crippen LogP contribution in [-0.4, -0.2) is 34.8 Å². The molecule has 0 bridgehead atoms. The topological polar surface area (TPSA) is 62.3 Å². The highest BCUT2D eigenvalue weighted by molar-refractivity contribution is 5.87. The summed E-state index contributed by atoms with van der Waals surface area (Å²) in [7, 11) is 0. The Kier molecular flexibility index (Phi) is 6.09. The van der Waals surface area contributed by atoms with Crippen molar-refractivity contribution < 1.29 is 9.59 Å². The zero-order chi connectivity index (χ0) is 16.7. The Balaban J connectivity index is 1.94. The number of piperidine rings is 1. The number of likely N-dealkylation sites (tertiary alicyclic amines) is 1. The first-order valence-electron chi connectivity index (χ1n) is 7.88. The van der Waals surface area contributed by atoms with E-state index in [1.807, 2.05) is 12.1 Å². The van der Waals surface area contributed by atoms with Crippen LogP contribution in [0.2, 0.25) is 0 Å². The van der Waals surface area contributed by atoms with Crippen LogP contribution >= 0.6 is 0 Å². The van der Waals surface area contributed by atoms with Gasteiger partial charge in [-0.15, -0.1) is 6.58 Å². The van der Waals surface area contributed by atoms with E-state index in [1.54, 1.807) is 23.4 Å². The number of rotatable bonds is 6. The van der Waals surface area contributed by atoms with E-state index in [-0.39, 0.29) is 23.8 Å². The van der Waals surface area contributed by atoms with Gasteiger partial charge in [0.05, 0.1) is 6.04 Å². The van der Waals surface area contributed by atoms with E-state index in [0.717, 1.165) is 5.56 Å². The van der Waals surface area contributed by atoms with Gasteiger partial charge in [-0.2, -0.15) is 0 Å². The van der Waals surface area contributed by atoms with Crippen molar-refractivity contribution in [2.24, 2.45) is 5.92 Å². The maximum atomic E-state index is 12.5. The number of hydrogen-bond donors (Lipinski definition) is 1. The number of amides is 2. The summed E-state index contributed by atoms with van der Waals surface area (Å²) in [5.41, 5.74) is 1.02. The minimum atomic E-state index is -0.0872. The molecular formula is C18H23N3O2. The van der Waals surface area contributed by atoms with Crippen molar-refractivity contribution >= 4 is 11.8 Å². The summed E-state index contributed by atoms with van der Waals surface area (Å²) in [5.74, 6) is -0.0810. The Bertz CT molecular complexity index is 563. The zero-order valence-corrected chi connectivity index (χ0v) is 13.3. The predicted molar refractivity (Wildman–Crippen MR) is 89.4 cm³/mol. The highest BCUT2D eigenvalue weighted by Crippen LogP contribution is 2.21. The lowest BCUT2D eigenvalue weighted by Crippen LogP contribution is -2.43. The predicted octanol–water partition coefficient (Wildman–Crippen LogP) is 2.24. The Morgan fingerprint density at radius 2 is 1.96 bits per heavy atom. The van der Waals surface area contributed by atoms with Gasteiger partial charge < -0.3 is 10.2 Å². The Morgan fingerprint density at radius 3 is 2.52 bits per heavy atom. The Hall–Kier alpha value is -2.43. The summed E-state index contributed by atoms with van der Waals surface area (Å²) in [6, 6.07) is 3.72. The molecule has 0 radical (unpaired) electrons. The van der Waals surface area contributed by atoms with Gasteiger partial charge in [0.2, 0.25) is 11.8 Å². The molecule has 2 heterocycles. The molecule has 1 fully saturated rings. The van der Waals surface area contributed by atoms with Crippen LogP contribution in [0, 0.1) is 5.92 Å². The molecule has 1 aliphatic rings. The third-order valence-corrected chi connectivity index (χ3v) is 4.18. The average Bonchev–Trinajstić information content (AvgIpc) is 2.61. The molecular weight excluding hydrogens is 290 g/mol. The van der Waals surface area contributed by atoms with Crippen molar-refractivity contribution in [2.45, 2.75) is 25.3 Å². The van der Waals surface area contributed by atoms with Crippen molar-refractivity contribution in [3.63, 3.8) is 0 Å². The van der Waals surface area contributed by atoms with Crippen molar-refractivity contribution in [1.29, 1.82) is 0 Å². The van der Waals surface area contributed by atoms with Gasteiger partial charge in [-0.1, -0.05) is 12.7 Å². The van der Waals surface area contributed by atoms with Gasteiger partial charge in [-0.05, 0) is 43.0 Å². The Morgan fingerprint density at radius 1 is 1.30 bits per heavy atom. The molecule has 2 rings (SSSR count). The SMILES string of the molecule is C=CCC(NC(=O)C1CCN(C(=O)C=C)CC1)c1ccncc1. The maximum Gasteiger partial charge on any atom is 0.245 e. The molecule has 1 unspecified atom stereocenters. The van der Waals surface area contributed by atoms with E-state index in [2.05, 4.69) is 23.5 Å². The minimum absolute atomic E-state index is 0.0411. The molecule has 1 atom stereocenters. The highest BCUT2D eigenvalue weighted by atomic mass is 16.2. The first-order chi connectivity index (χ1) is 11.2. The molecule has 2 amide bonds. The molecule has 122 valence electrons. The van der Waals surface area contributed by atoms with Crippen LogP contribution in [0.1, 0.15) is 30.9 Å². The van der Waals surface area contributed by atoms with Gasteiger partial charge in [-0.3, -0.25) is 14.6 Å². The lowest BCUT2D eigenvalue weighted by atomic mass is 9.94. The van der Waals surface area contributed by atoms with E-state index in [9.17, 15) is 9.59 Å². The second-order valence-corrected chi connectivity index (χ2v) is 5.67. The summed E-state index contributed by atoms with van der Waals surface area (Å²) < 4.78 is 0. The molecule has 1 aromatic rings. The van der Waals surface area contributed by atoms with E-state index in [1.165, 1.54) is 6.08 Å². The van der Waals surface area contributed by atoms with Gasteiger partial charge in [0.25, 0.3) is 0 Å². The van der Waals surface area contributed by atoms with Crippen molar-refractivity contribution in [2.75, 3.05) is 13.1 Å². The zero-order valence-electron chi connectivity index (χ0n) is 13.3. The number of nitrogens with zero attached hydrogens (tertiary/aromatic N) is 2. The van der Waals surface area contributed by atoms with Crippen molar-refractivity contribution in [3.05, 3.63) is 55.4 Å². The normalized spacial score (nSPS) is 16.4. The smallest absolute Gasteiger partial charge is 0.245 e. The lowest BCUT2D eigenvalue weighted by Gasteiger charge is -2.31. The number of hydrogen-bond acceptors (Lipinski definition) is 3. The molecule has 1 N–H and O–H groups in total. The fourth-order valence-corrected chi connectivity index (χ4v) is 2.82. The third-order valence-electron chi connectivity index (χ3n) is 4.18. The van der Waals surface area contributed by atoms with Crippen LogP contribution in [0.15, 0.2) is 49.8 Å². The fourth-order valence-electron chi connectivity index (χ4n) is 2.82. The monoisotopic (exact) mass is 313 g/mol. The van der Waals surface area contributed by atoms with Gasteiger partial charge >= 0.3 is 0 Å². The van der Waals surface area contributed by atoms with Crippen LogP contribution in [0.5, 0.6) is 0 Å². The number of nitrogens with one attached hydrogen (secondary N) is 1. The number of carbonyl (C=O) groups excluding carboxylic acids is 2. The second-order valence-electron chi connectivity index (χ2n) is 5.67. The number of carbonyl (C=O) groups is 2. The Labute approximate surface area is 137 Å². The molecule has 1 saturated heterocycles. The molecule has 5 nitrogen and oxygen atoms in total. The summed E-state index contributed by atoms with van der Waals surface area (Å²) in [6.07, 6.45) is 8.60. The van der Waals surface area contributed by atoms with E-state index in [0.29, 0.717) is 32.4 Å². The molecule has 0 aromatic carbocycles.